The summed E-state index contributed by atoms with van der Waals surface area (Å²) >= 11 is 5.72. The Kier molecular flexibility index (Phi) is 4.48. The molecule has 0 bridgehead atoms. The van der Waals surface area contributed by atoms with Crippen LogP contribution in [0.15, 0.2) is 29.1 Å². The number of aliphatic hydroxyl groups excluding tert-OH is 1. The first-order valence-corrected chi connectivity index (χ1v) is 8.09. The van der Waals surface area contributed by atoms with Crippen LogP contribution in [0.3, 0.4) is 0 Å². The number of fused-ring (bicyclic) bond motifs is 1. The molecule has 2 N–H and O–H groups in total. The van der Waals surface area contributed by atoms with Crippen LogP contribution in [0.4, 0.5) is 18.9 Å². The molecule has 1 aliphatic heterocycles. The number of hydrogen-bond acceptors (Lipinski definition) is 3. The van der Waals surface area contributed by atoms with Crippen LogP contribution in [0.1, 0.15) is 18.4 Å². The lowest BCUT2D eigenvalue weighted by Crippen LogP contribution is -2.40. The Morgan fingerprint density at radius 3 is 2.79 bits per heavy atom. The molecule has 1 aliphatic rings. The number of benzene rings is 1. The predicted octanol–water partition coefficient (Wildman–Crippen LogP) is 3.12. The molecule has 1 aromatic heterocycles. The number of anilines is 1. The second-order valence-corrected chi connectivity index (χ2v) is 6.21. The summed E-state index contributed by atoms with van der Waals surface area (Å²) in [5.41, 5.74) is -1.05. The van der Waals surface area contributed by atoms with Gasteiger partial charge in [-0.25, -0.2) is 0 Å². The molecule has 2 heterocycles. The van der Waals surface area contributed by atoms with E-state index in [-0.39, 0.29) is 22.8 Å². The second kappa shape index (κ2) is 6.29. The van der Waals surface area contributed by atoms with Crippen LogP contribution in [0.2, 0.25) is 0 Å². The van der Waals surface area contributed by atoms with Crippen LogP contribution >= 0.6 is 11.6 Å². The van der Waals surface area contributed by atoms with Gasteiger partial charge in [0.05, 0.1) is 23.6 Å². The van der Waals surface area contributed by atoms with E-state index >= 15 is 0 Å². The van der Waals surface area contributed by atoms with Crippen molar-refractivity contribution >= 4 is 28.2 Å². The number of H-pyrrole nitrogens is 1. The lowest BCUT2D eigenvalue weighted by molar-refractivity contribution is -0.136. The minimum absolute atomic E-state index is 0.0642. The topological polar surface area (TPSA) is 56.3 Å². The Balaban J connectivity index is 2.11. The lowest BCUT2D eigenvalue weighted by Gasteiger charge is -2.30. The standard InChI is InChI=1S/C16H16ClF3N2O2/c17-8-14(23)13-2-1-5-22(13)9-3-4-12-10(6-9)11(16(18,19)20)7-15(24)21-12/h3-4,6-7,13-14,23H,1-2,5,8H2,(H,21,24)/t13?,14-/m0/s1. The molecule has 1 fully saturated rings. The number of alkyl halides is 4. The molecule has 2 aromatic rings. The molecular formula is C16H16ClF3N2O2. The highest BCUT2D eigenvalue weighted by molar-refractivity contribution is 6.18. The van der Waals surface area contributed by atoms with E-state index in [9.17, 15) is 23.1 Å². The Labute approximate surface area is 140 Å². The van der Waals surface area contributed by atoms with Crippen molar-refractivity contribution in [2.45, 2.75) is 31.2 Å². The summed E-state index contributed by atoms with van der Waals surface area (Å²) in [6.07, 6.45) is -3.81. The highest BCUT2D eigenvalue weighted by Gasteiger charge is 2.34. The molecule has 0 spiro atoms. The first kappa shape index (κ1) is 17.1. The number of hydrogen-bond donors (Lipinski definition) is 2. The second-order valence-electron chi connectivity index (χ2n) is 5.90. The summed E-state index contributed by atoms with van der Waals surface area (Å²) < 4.78 is 39.7. The van der Waals surface area contributed by atoms with Crippen LogP contribution in [-0.2, 0) is 6.18 Å². The fourth-order valence-electron chi connectivity index (χ4n) is 3.27. The Hall–Kier alpha value is -1.73. The number of aromatic nitrogens is 1. The van der Waals surface area contributed by atoms with Gasteiger partial charge in [-0.1, -0.05) is 0 Å². The number of pyridine rings is 1. The largest absolute Gasteiger partial charge is 0.417 e. The smallest absolute Gasteiger partial charge is 0.390 e. The Morgan fingerprint density at radius 2 is 2.12 bits per heavy atom. The van der Waals surface area contributed by atoms with E-state index in [0.717, 1.165) is 12.8 Å². The monoisotopic (exact) mass is 360 g/mol. The molecule has 1 saturated heterocycles. The summed E-state index contributed by atoms with van der Waals surface area (Å²) in [6, 6.07) is 4.87. The fraction of sp³-hybridized carbons (Fsp3) is 0.438. The minimum atomic E-state index is -4.62. The molecular weight excluding hydrogens is 345 g/mol. The normalized spacial score (nSPS) is 19.9. The van der Waals surface area contributed by atoms with Gasteiger partial charge in [-0.05, 0) is 31.0 Å². The molecule has 24 heavy (non-hydrogen) atoms. The Bertz CT molecular complexity index is 806. The van der Waals surface area contributed by atoms with Crippen molar-refractivity contribution in [3.8, 4) is 0 Å². The Morgan fingerprint density at radius 1 is 1.38 bits per heavy atom. The molecule has 1 unspecified atom stereocenters. The van der Waals surface area contributed by atoms with Crippen molar-refractivity contribution in [1.29, 1.82) is 0 Å². The van der Waals surface area contributed by atoms with E-state index < -0.39 is 23.4 Å². The van der Waals surface area contributed by atoms with Gasteiger partial charge in [-0.3, -0.25) is 4.79 Å². The molecule has 0 aliphatic carbocycles. The summed E-state index contributed by atoms with van der Waals surface area (Å²) in [5, 5.41) is 9.96. The van der Waals surface area contributed by atoms with E-state index in [2.05, 4.69) is 4.98 Å². The van der Waals surface area contributed by atoms with Crippen LogP contribution in [0.5, 0.6) is 0 Å². The van der Waals surface area contributed by atoms with Gasteiger partial charge in [0.1, 0.15) is 0 Å². The maximum absolute atomic E-state index is 13.2. The van der Waals surface area contributed by atoms with Gasteiger partial charge < -0.3 is 15.0 Å². The van der Waals surface area contributed by atoms with Crippen LogP contribution in [0, 0.1) is 0 Å². The van der Waals surface area contributed by atoms with Crippen molar-refractivity contribution in [2.75, 3.05) is 17.3 Å². The zero-order valence-electron chi connectivity index (χ0n) is 12.6. The maximum Gasteiger partial charge on any atom is 0.417 e. The molecule has 2 atom stereocenters. The number of aliphatic hydroxyl groups is 1. The first-order valence-electron chi connectivity index (χ1n) is 7.56. The van der Waals surface area contributed by atoms with E-state index in [1.165, 1.54) is 12.1 Å². The maximum atomic E-state index is 13.2. The average Bonchev–Trinajstić information content (AvgIpc) is 3.01. The quantitative estimate of drug-likeness (QED) is 0.827. The van der Waals surface area contributed by atoms with Gasteiger partial charge in [0, 0.05) is 29.2 Å². The lowest BCUT2D eigenvalue weighted by atomic mass is 10.1. The summed E-state index contributed by atoms with van der Waals surface area (Å²) in [6.45, 7) is 0.634. The SMILES string of the molecule is O=c1cc(C(F)(F)F)c2cc(N3CCCC3[C@@H](O)CCl)ccc2[nH]1. The van der Waals surface area contributed by atoms with E-state index in [0.29, 0.717) is 18.3 Å². The number of rotatable bonds is 3. The van der Waals surface area contributed by atoms with Gasteiger partial charge in [0.15, 0.2) is 0 Å². The molecule has 0 saturated carbocycles. The first-order chi connectivity index (χ1) is 11.3. The molecule has 0 amide bonds. The number of nitrogens with one attached hydrogen (secondary N) is 1. The summed E-state index contributed by atoms with van der Waals surface area (Å²) in [7, 11) is 0. The number of aromatic amines is 1. The van der Waals surface area contributed by atoms with E-state index in [1.807, 2.05) is 4.90 Å². The third-order valence-electron chi connectivity index (χ3n) is 4.37. The molecule has 1 aromatic carbocycles. The number of halogens is 4. The van der Waals surface area contributed by atoms with Gasteiger partial charge in [-0.15, -0.1) is 11.6 Å². The zero-order chi connectivity index (χ0) is 17.5. The third-order valence-corrected chi connectivity index (χ3v) is 4.68. The van der Waals surface area contributed by atoms with Crippen molar-refractivity contribution in [1.82, 2.24) is 4.98 Å². The van der Waals surface area contributed by atoms with Crippen molar-refractivity contribution < 1.29 is 18.3 Å². The molecule has 0 radical (unpaired) electrons. The van der Waals surface area contributed by atoms with Gasteiger partial charge in [0.25, 0.3) is 0 Å². The molecule has 3 rings (SSSR count). The zero-order valence-corrected chi connectivity index (χ0v) is 13.4. The third kappa shape index (κ3) is 3.10. The van der Waals surface area contributed by atoms with Gasteiger partial charge in [-0.2, -0.15) is 13.2 Å². The molecule has 4 nitrogen and oxygen atoms in total. The van der Waals surface area contributed by atoms with Crippen molar-refractivity contribution in [3.63, 3.8) is 0 Å². The number of nitrogens with zero attached hydrogens (tertiary/aromatic N) is 1. The van der Waals surface area contributed by atoms with Crippen LogP contribution < -0.4 is 10.5 Å². The molecule has 8 heteroatoms. The van der Waals surface area contributed by atoms with Crippen LogP contribution in [-0.4, -0.2) is 34.7 Å². The van der Waals surface area contributed by atoms with Gasteiger partial charge >= 0.3 is 6.18 Å². The predicted molar refractivity (Wildman–Crippen MR) is 86.7 cm³/mol. The van der Waals surface area contributed by atoms with Crippen molar-refractivity contribution in [2.24, 2.45) is 0 Å². The van der Waals surface area contributed by atoms with E-state index in [4.69, 9.17) is 11.6 Å². The fourth-order valence-corrected chi connectivity index (χ4v) is 3.48. The van der Waals surface area contributed by atoms with E-state index in [1.54, 1.807) is 6.07 Å². The minimum Gasteiger partial charge on any atom is -0.390 e. The summed E-state index contributed by atoms with van der Waals surface area (Å²) in [4.78, 5) is 15.8. The highest BCUT2D eigenvalue weighted by atomic mass is 35.5. The van der Waals surface area contributed by atoms with Crippen LogP contribution in [0.25, 0.3) is 10.9 Å². The van der Waals surface area contributed by atoms with Crippen molar-refractivity contribution in [3.05, 3.63) is 40.2 Å². The van der Waals surface area contributed by atoms with Gasteiger partial charge in [0.2, 0.25) is 5.56 Å². The average molecular weight is 361 g/mol. The summed E-state index contributed by atoms with van der Waals surface area (Å²) in [5.74, 6) is 0.0653. The highest BCUT2D eigenvalue weighted by Crippen LogP contribution is 2.36. The molecule has 130 valence electrons.